The number of rotatable bonds is 5. The van der Waals surface area contributed by atoms with Gasteiger partial charge < -0.3 is 10.8 Å². The van der Waals surface area contributed by atoms with Crippen LogP contribution in [0.1, 0.15) is 5.56 Å². The summed E-state index contributed by atoms with van der Waals surface area (Å²) in [5.74, 6) is -0.102. The normalized spacial score (nSPS) is 11.3. The summed E-state index contributed by atoms with van der Waals surface area (Å²) in [4.78, 5) is 0. The Kier molecular flexibility index (Phi) is 4.07. The van der Waals surface area contributed by atoms with Crippen LogP contribution in [0.2, 0.25) is 0 Å². The molecule has 1 rings (SSSR count). The molecule has 0 saturated carbocycles. The van der Waals surface area contributed by atoms with Gasteiger partial charge in [-0.05, 0) is 17.7 Å². The van der Waals surface area contributed by atoms with E-state index in [0.717, 1.165) is 5.56 Å². The van der Waals surface area contributed by atoms with Crippen LogP contribution in [-0.2, 0) is 16.6 Å². The molecule has 15 heavy (non-hydrogen) atoms. The van der Waals surface area contributed by atoms with Gasteiger partial charge in [-0.2, -0.15) is 0 Å². The van der Waals surface area contributed by atoms with E-state index in [1.807, 2.05) is 0 Å². The number of benzene rings is 1. The van der Waals surface area contributed by atoms with Gasteiger partial charge in [0.1, 0.15) is 0 Å². The molecular formula is C9H14N2O3S. The van der Waals surface area contributed by atoms with Gasteiger partial charge in [0, 0.05) is 12.2 Å². The van der Waals surface area contributed by atoms with E-state index in [2.05, 4.69) is 4.72 Å². The maximum absolute atomic E-state index is 11.3. The summed E-state index contributed by atoms with van der Waals surface area (Å²) in [7, 11) is -3.34. The lowest BCUT2D eigenvalue weighted by atomic mass is 10.2. The Balaban J connectivity index is 2.73. The van der Waals surface area contributed by atoms with Crippen LogP contribution in [0, 0.1) is 0 Å². The smallest absolute Gasteiger partial charge is 0.233 e. The number of anilines is 1. The Morgan fingerprint density at radius 3 is 2.33 bits per heavy atom. The van der Waals surface area contributed by atoms with Gasteiger partial charge in [-0.25, -0.2) is 8.42 Å². The Labute approximate surface area is 89.0 Å². The van der Waals surface area contributed by atoms with Gasteiger partial charge in [-0.15, -0.1) is 0 Å². The van der Waals surface area contributed by atoms with Crippen LogP contribution < -0.4 is 10.5 Å². The second-order valence-electron chi connectivity index (χ2n) is 3.06. The number of sulfonamides is 1. The number of hydrogen-bond donors (Lipinski definition) is 3. The topological polar surface area (TPSA) is 92.4 Å². The van der Waals surface area contributed by atoms with Crippen LogP contribution in [0.5, 0.6) is 0 Å². The molecule has 1 aromatic rings. The van der Waals surface area contributed by atoms with Gasteiger partial charge in [0.15, 0.2) is 0 Å². The van der Waals surface area contributed by atoms with E-state index >= 15 is 0 Å². The van der Waals surface area contributed by atoms with Crippen molar-refractivity contribution in [3.8, 4) is 0 Å². The Morgan fingerprint density at radius 1 is 1.27 bits per heavy atom. The first-order valence-corrected chi connectivity index (χ1v) is 6.13. The molecule has 0 fully saturated rings. The van der Waals surface area contributed by atoms with Crippen LogP contribution in [0.25, 0.3) is 0 Å². The van der Waals surface area contributed by atoms with E-state index in [1.54, 1.807) is 24.3 Å². The maximum atomic E-state index is 11.3. The maximum Gasteiger partial charge on any atom is 0.233 e. The Bertz CT molecular complexity index is 400. The van der Waals surface area contributed by atoms with Gasteiger partial charge in [-0.3, -0.25) is 4.72 Å². The summed E-state index contributed by atoms with van der Waals surface area (Å²) in [6.45, 7) is 0.0277. The van der Waals surface area contributed by atoms with Crippen LogP contribution in [0.4, 0.5) is 5.69 Å². The monoisotopic (exact) mass is 230 g/mol. The van der Waals surface area contributed by atoms with E-state index < -0.39 is 10.0 Å². The standard InChI is InChI=1S/C9H14N2O3S/c10-5-6-15(13,14)11-9-3-1-8(7-12)2-4-9/h1-4,11-12H,5-7,10H2. The van der Waals surface area contributed by atoms with Gasteiger partial charge in [-0.1, -0.05) is 12.1 Å². The quantitative estimate of drug-likeness (QED) is 0.657. The third kappa shape index (κ3) is 3.86. The summed E-state index contributed by atoms with van der Waals surface area (Å²) in [5.41, 5.74) is 6.37. The van der Waals surface area contributed by atoms with Gasteiger partial charge in [0.05, 0.1) is 12.4 Å². The summed E-state index contributed by atoms with van der Waals surface area (Å²) < 4.78 is 25.0. The fourth-order valence-corrected chi connectivity index (χ4v) is 1.97. The van der Waals surface area contributed by atoms with Crippen molar-refractivity contribution < 1.29 is 13.5 Å². The first-order valence-electron chi connectivity index (χ1n) is 4.48. The van der Waals surface area contributed by atoms with Gasteiger partial charge in [0.25, 0.3) is 0 Å². The van der Waals surface area contributed by atoms with E-state index in [1.165, 1.54) is 0 Å². The second kappa shape index (κ2) is 5.11. The average molecular weight is 230 g/mol. The fraction of sp³-hybridized carbons (Fsp3) is 0.333. The molecule has 0 atom stereocenters. The lowest BCUT2D eigenvalue weighted by Gasteiger charge is -2.06. The van der Waals surface area contributed by atoms with Crippen molar-refractivity contribution in [3.05, 3.63) is 29.8 Å². The summed E-state index contributed by atoms with van der Waals surface area (Å²) in [6, 6.07) is 6.50. The van der Waals surface area contributed by atoms with Crippen LogP contribution in [-0.4, -0.2) is 25.8 Å². The molecule has 0 aliphatic heterocycles. The van der Waals surface area contributed by atoms with Crippen molar-refractivity contribution in [2.75, 3.05) is 17.0 Å². The molecule has 5 nitrogen and oxygen atoms in total. The molecule has 0 radical (unpaired) electrons. The molecule has 0 bridgehead atoms. The molecule has 6 heteroatoms. The first kappa shape index (κ1) is 12.0. The lowest BCUT2D eigenvalue weighted by molar-refractivity contribution is 0.282. The lowest BCUT2D eigenvalue weighted by Crippen LogP contribution is -2.22. The predicted molar refractivity (Wildman–Crippen MR) is 58.8 cm³/mol. The minimum atomic E-state index is -3.34. The van der Waals surface area contributed by atoms with E-state index in [4.69, 9.17) is 10.8 Å². The molecule has 0 aromatic heterocycles. The molecule has 0 aliphatic carbocycles. The third-order valence-electron chi connectivity index (χ3n) is 1.80. The minimum Gasteiger partial charge on any atom is -0.392 e. The highest BCUT2D eigenvalue weighted by atomic mass is 32.2. The summed E-state index contributed by atoms with van der Waals surface area (Å²) >= 11 is 0. The number of aliphatic hydroxyl groups is 1. The molecular weight excluding hydrogens is 216 g/mol. The number of aliphatic hydroxyl groups excluding tert-OH is 1. The van der Waals surface area contributed by atoms with Crippen molar-refractivity contribution in [1.29, 1.82) is 0 Å². The van der Waals surface area contributed by atoms with E-state index in [0.29, 0.717) is 5.69 Å². The van der Waals surface area contributed by atoms with Crippen LogP contribution in [0.3, 0.4) is 0 Å². The van der Waals surface area contributed by atoms with Gasteiger partial charge in [0.2, 0.25) is 10.0 Å². The summed E-state index contributed by atoms with van der Waals surface area (Å²) in [5, 5.41) is 8.79. The fourth-order valence-electron chi connectivity index (χ4n) is 1.06. The Hall–Kier alpha value is -1.11. The van der Waals surface area contributed by atoms with Crippen molar-refractivity contribution >= 4 is 15.7 Å². The van der Waals surface area contributed by atoms with Gasteiger partial charge >= 0.3 is 0 Å². The number of hydrogen-bond acceptors (Lipinski definition) is 4. The minimum absolute atomic E-state index is 0.0597. The molecule has 84 valence electrons. The molecule has 4 N–H and O–H groups in total. The van der Waals surface area contributed by atoms with Crippen LogP contribution in [0.15, 0.2) is 24.3 Å². The zero-order chi connectivity index (χ0) is 11.3. The molecule has 0 saturated heterocycles. The highest BCUT2D eigenvalue weighted by Gasteiger charge is 2.08. The number of nitrogens with two attached hydrogens (primary N) is 1. The highest BCUT2D eigenvalue weighted by molar-refractivity contribution is 7.92. The molecule has 0 amide bonds. The summed E-state index contributed by atoms with van der Waals surface area (Å²) in [6.07, 6.45) is 0. The van der Waals surface area contributed by atoms with Crippen molar-refractivity contribution in [1.82, 2.24) is 0 Å². The van der Waals surface area contributed by atoms with Crippen molar-refractivity contribution in [3.63, 3.8) is 0 Å². The van der Waals surface area contributed by atoms with E-state index in [9.17, 15) is 8.42 Å². The highest BCUT2D eigenvalue weighted by Crippen LogP contribution is 2.11. The number of nitrogens with one attached hydrogen (secondary N) is 1. The molecule has 0 heterocycles. The molecule has 0 unspecified atom stereocenters. The van der Waals surface area contributed by atoms with Crippen molar-refractivity contribution in [2.45, 2.75) is 6.61 Å². The second-order valence-corrected chi connectivity index (χ2v) is 4.91. The molecule has 0 spiro atoms. The van der Waals surface area contributed by atoms with E-state index in [-0.39, 0.29) is 18.9 Å². The molecule has 0 aliphatic rings. The Morgan fingerprint density at radius 2 is 1.87 bits per heavy atom. The average Bonchev–Trinajstić information content (AvgIpc) is 2.18. The first-order chi connectivity index (χ1) is 7.07. The zero-order valence-electron chi connectivity index (χ0n) is 8.18. The SMILES string of the molecule is NCCS(=O)(=O)Nc1ccc(CO)cc1. The zero-order valence-corrected chi connectivity index (χ0v) is 9.00. The largest absolute Gasteiger partial charge is 0.392 e. The predicted octanol–water partition coefficient (Wildman–Crippen LogP) is -0.121. The molecule has 1 aromatic carbocycles. The van der Waals surface area contributed by atoms with Crippen molar-refractivity contribution in [2.24, 2.45) is 5.73 Å². The third-order valence-corrected chi connectivity index (χ3v) is 3.12. The van der Waals surface area contributed by atoms with Crippen LogP contribution >= 0.6 is 0 Å².